The highest BCUT2D eigenvalue weighted by Gasteiger charge is 2.17. The van der Waals surface area contributed by atoms with E-state index < -0.39 is 0 Å². The minimum atomic E-state index is -0.131. The second kappa shape index (κ2) is 9.56. The van der Waals surface area contributed by atoms with Crippen molar-refractivity contribution in [3.8, 4) is 0 Å². The number of nitrogens with one attached hydrogen (secondary N) is 1. The number of allylic oxidation sites excluding steroid dienone is 1. The van der Waals surface area contributed by atoms with Gasteiger partial charge < -0.3 is 10.2 Å². The highest BCUT2D eigenvalue weighted by Crippen LogP contribution is 2.27. The van der Waals surface area contributed by atoms with Gasteiger partial charge in [0.25, 0.3) is 0 Å². The van der Waals surface area contributed by atoms with Crippen LogP contribution in [0.3, 0.4) is 0 Å². The van der Waals surface area contributed by atoms with Gasteiger partial charge in [-0.25, -0.2) is 0 Å². The van der Waals surface area contributed by atoms with Crippen molar-refractivity contribution in [2.24, 2.45) is 0 Å². The van der Waals surface area contributed by atoms with Crippen LogP contribution in [-0.4, -0.2) is 29.8 Å². The lowest BCUT2D eigenvalue weighted by atomic mass is 9.97. The average Bonchev–Trinajstić information content (AvgIpc) is 2.60. The van der Waals surface area contributed by atoms with Gasteiger partial charge in [0.15, 0.2) is 0 Å². The standard InChI is InChI=1S/C22H32N2O2/c1-16(2)20-12-8-9-17(3)22(20)23-21(26)15-24(18(4)25)14-13-19-10-6-5-7-11-19/h8-10,12,16H,5-7,11,13-15H2,1-4H3,(H,23,26). The maximum atomic E-state index is 12.6. The molecule has 26 heavy (non-hydrogen) atoms. The Morgan fingerprint density at radius 1 is 1.23 bits per heavy atom. The molecular formula is C22H32N2O2. The van der Waals surface area contributed by atoms with Crippen LogP contribution >= 0.6 is 0 Å². The van der Waals surface area contributed by atoms with Crippen molar-refractivity contribution in [3.05, 3.63) is 41.0 Å². The third-order valence-electron chi connectivity index (χ3n) is 5.06. The van der Waals surface area contributed by atoms with Gasteiger partial charge in [0.2, 0.25) is 11.8 Å². The monoisotopic (exact) mass is 356 g/mol. The molecule has 1 N–H and O–H groups in total. The van der Waals surface area contributed by atoms with E-state index in [1.807, 2.05) is 25.1 Å². The summed E-state index contributed by atoms with van der Waals surface area (Å²) >= 11 is 0. The zero-order chi connectivity index (χ0) is 19.1. The van der Waals surface area contributed by atoms with E-state index in [-0.39, 0.29) is 18.4 Å². The smallest absolute Gasteiger partial charge is 0.244 e. The molecule has 142 valence electrons. The van der Waals surface area contributed by atoms with Crippen LogP contribution in [0.4, 0.5) is 5.69 Å². The van der Waals surface area contributed by atoms with Gasteiger partial charge in [-0.1, -0.05) is 43.7 Å². The topological polar surface area (TPSA) is 49.4 Å². The van der Waals surface area contributed by atoms with Gasteiger partial charge in [-0.2, -0.15) is 0 Å². The van der Waals surface area contributed by atoms with Crippen LogP contribution in [0.15, 0.2) is 29.8 Å². The molecule has 2 rings (SSSR count). The second-order valence-electron chi connectivity index (χ2n) is 7.54. The molecule has 0 radical (unpaired) electrons. The van der Waals surface area contributed by atoms with E-state index in [2.05, 4.69) is 25.2 Å². The van der Waals surface area contributed by atoms with E-state index in [1.54, 1.807) is 4.90 Å². The molecule has 0 saturated carbocycles. The van der Waals surface area contributed by atoms with Crippen molar-refractivity contribution < 1.29 is 9.59 Å². The molecular weight excluding hydrogens is 324 g/mol. The van der Waals surface area contributed by atoms with Crippen LogP contribution in [0.25, 0.3) is 0 Å². The summed E-state index contributed by atoms with van der Waals surface area (Å²) in [6.45, 7) is 8.48. The normalized spacial score (nSPS) is 14.1. The molecule has 0 aliphatic heterocycles. The number of aryl methyl sites for hydroxylation is 1. The Morgan fingerprint density at radius 2 is 2.00 bits per heavy atom. The van der Waals surface area contributed by atoms with E-state index in [0.717, 1.165) is 36.1 Å². The molecule has 0 aromatic heterocycles. The third kappa shape index (κ3) is 5.72. The van der Waals surface area contributed by atoms with Crippen LogP contribution in [0.1, 0.15) is 69.9 Å². The summed E-state index contributed by atoms with van der Waals surface area (Å²) in [6, 6.07) is 6.06. The number of hydrogen-bond acceptors (Lipinski definition) is 2. The molecule has 0 atom stereocenters. The quantitative estimate of drug-likeness (QED) is 0.714. The third-order valence-corrected chi connectivity index (χ3v) is 5.06. The van der Waals surface area contributed by atoms with Crippen LogP contribution in [-0.2, 0) is 9.59 Å². The Labute approximate surface area is 157 Å². The van der Waals surface area contributed by atoms with Crippen LogP contribution in [0, 0.1) is 6.92 Å². The number of para-hydroxylation sites is 1. The van der Waals surface area contributed by atoms with Crippen molar-refractivity contribution in [1.82, 2.24) is 4.90 Å². The molecule has 2 amide bonds. The largest absolute Gasteiger partial charge is 0.333 e. The van der Waals surface area contributed by atoms with E-state index in [0.29, 0.717) is 12.5 Å². The fourth-order valence-corrected chi connectivity index (χ4v) is 3.45. The van der Waals surface area contributed by atoms with E-state index in [9.17, 15) is 9.59 Å². The molecule has 0 unspecified atom stereocenters. The number of rotatable bonds is 7. The Hall–Kier alpha value is -2.10. The van der Waals surface area contributed by atoms with Crippen LogP contribution < -0.4 is 5.32 Å². The second-order valence-corrected chi connectivity index (χ2v) is 7.54. The number of hydrogen-bond donors (Lipinski definition) is 1. The first kappa shape index (κ1) is 20.2. The first-order valence-electron chi connectivity index (χ1n) is 9.71. The lowest BCUT2D eigenvalue weighted by Gasteiger charge is -2.23. The van der Waals surface area contributed by atoms with Crippen molar-refractivity contribution in [3.63, 3.8) is 0 Å². The Kier molecular flexibility index (Phi) is 7.43. The summed E-state index contributed by atoms with van der Waals surface area (Å²) in [6.07, 6.45) is 7.92. The highest BCUT2D eigenvalue weighted by molar-refractivity contribution is 5.95. The molecule has 0 saturated heterocycles. The predicted molar refractivity (Wildman–Crippen MR) is 107 cm³/mol. The highest BCUT2D eigenvalue weighted by atomic mass is 16.2. The minimum Gasteiger partial charge on any atom is -0.333 e. The van der Waals surface area contributed by atoms with Gasteiger partial charge >= 0.3 is 0 Å². The predicted octanol–water partition coefficient (Wildman–Crippen LogP) is 4.80. The molecule has 1 aromatic rings. The maximum Gasteiger partial charge on any atom is 0.244 e. The molecule has 0 spiro atoms. The Balaban J connectivity index is 2.00. The summed E-state index contributed by atoms with van der Waals surface area (Å²) < 4.78 is 0. The number of amides is 2. The van der Waals surface area contributed by atoms with Gasteiger partial charge in [-0.05, 0) is 56.1 Å². The summed E-state index contributed by atoms with van der Waals surface area (Å²) in [5, 5.41) is 3.04. The minimum absolute atomic E-state index is 0.0505. The number of carbonyl (C=O) groups excluding carboxylic acids is 2. The SMILES string of the molecule is CC(=O)N(CCC1=CCCCC1)CC(=O)Nc1c(C)cccc1C(C)C. The first-order chi connectivity index (χ1) is 12.4. The molecule has 1 aromatic carbocycles. The van der Waals surface area contributed by atoms with Gasteiger partial charge in [0, 0.05) is 19.2 Å². The van der Waals surface area contributed by atoms with Crippen molar-refractivity contribution in [2.45, 2.75) is 65.7 Å². The van der Waals surface area contributed by atoms with Crippen LogP contribution in [0.5, 0.6) is 0 Å². The lowest BCUT2D eigenvalue weighted by molar-refractivity contribution is -0.132. The van der Waals surface area contributed by atoms with E-state index in [4.69, 9.17) is 0 Å². The molecule has 1 aliphatic carbocycles. The van der Waals surface area contributed by atoms with E-state index in [1.165, 1.54) is 25.3 Å². The average molecular weight is 357 g/mol. The van der Waals surface area contributed by atoms with Gasteiger partial charge in [0.1, 0.15) is 0 Å². The van der Waals surface area contributed by atoms with E-state index >= 15 is 0 Å². The maximum absolute atomic E-state index is 12.6. The number of carbonyl (C=O) groups is 2. The Bertz CT molecular complexity index is 677. The van der Waals surface area contributed by atoms with Crippen LogP contribution in [0.2, 0.25) is 0 Å². The van der Waals surface area contributed by atoms with Crippen molar-refractivity contribution in [1.29, 1.82) is 0 Å². The molecule has 4 nitrogen and oxygen atoms in total. The fraction of sp³-hybridized carbons (Fsp3) is 0.545. The summed E-state index contributed by atoms with van der Waals surface area (Å²) in [5.74, 6) is 0.145. The Morgan fingerprint density at radius 3 is 2.62 bits per heavy atom. The van der Waals surface area contributed by atoms with Gasteiger partial charge in [0.05, 0.1) is 6.54 Å². The van der Waals surface area contributed by atoms with Gasteiger partial charge in [-0.3, -0.25) is 9.59 Å². The zero-order valence-corrected chi connectivity index (χ0v) is 16.6. The lowest BCUT2D eigenvalue weighted by Crippen LogP contribution is -2.37. The molecule has 0 heterocycles. The number of benzene rings is 1. The fourth-order valence-electron chi connectivity index (χ4n) is 3.45. The summed E-state index contributed by atoms with van der Waals surface area (Å²) in [5.41, 5.74) is 4.47. The molecule has 0 bridgehead atoms. The van der Waals surface area contributed by atoms with Gasteiger partial charge in [-0.15, -0.1) is 0 Å². The molecule has 1 aliphatic rings. The van der Waals surface area contributed by atoms with Crippen molar-refractivity contribution >= 4 is 17.5 Å². The zero-order valence-electron chi connectivity index (χ0n) is 16.6. The summed E-state index contributed by atoms with van der Waals surface area (Å²) in [7, 11) is 0. The molecule has 4 heteroatoms. The molecule has 0 fully saturated rings. The number of nitrogens with zero attached hydrogens (tertiary/aromatic N) is 1. The van der Waals surface area contributed by atoms with Crippen molar-refractivity contribution in [2.75, 3.05) is 18.4 Å². The first-order valence-corrected chi connectivity index (χ1v) is 9.71. The summed E-state index contributed by atoms with van der Waals surface area (Å²) in [4.78, 5) is 26.2. The number of anilines is 1.